The number of nitrogens with zero attached hydrogens (tertiary/aromatic N) is 5. The zero-order valence-electron chi connectivity index (χ0n) is 14.1. The molecule has 1 saturated heterocycles. The van der Waals surface area contributed by atoms with Crippen LogP contribution in [-0.2, 0) is 21.2 Å². The van der Waals surface area contributed by atoms with E-state index in [1.807, 2.05) is 4.90 Å². The zero-order valence-corrected chi connectivity index (χ0v) is 14.9. The number of pyridine rings is 1. The first-order chi connectivity index (χ1) is 11.9. The van der Waals surface area contributed by atoms with Crippen LogP contribution in [0.4, 0.5) is 0 Å². The van der Waals surface area contributed by atoms with E-state index in [1.165, 1.54) is 12.6 Å². The van der Waals surface area contributed by atoms with Crippen LogP contribution in [0.2, 0.25) is 0 Å². The third-order valence-corrected chi connectivity index (χ3v) is 5.60. The molecule has 0 saturated carbocycles. The minimum absolute atomic E-state index is 0.0605. The zero-order chi connectivity index (χ0) is 17.9. The summed E-state index contributed by atoms with van der Waals surface area (Å²) in [7, 11) is -3.31. The van der Waals surface area contributed by atoms with Gasteiger partial charge in [0.25, 0.3) is 0 Å². The van der Waals surface area contributed by atoms with Crippen LogP contribution in [0, 0.1) is 0 Å². The largest absolute Gasteiger partial charge is 0.343 e. The SMILES string of the molecule is CS(=O)(=O)c1cccnc1C1CCN(C(=O)CCn2cncn2)CC1. The summed E-state index contributed by atoms with van der Waals surface area (Å²) in [5.41, 5.74) is 0.625. The number of hydrogen-bond acceptors (Lipinski definition) is 6. The average molecular weight is 363 g/mol. The van der Waals surface area contributed by atoms with Gasteiger partial charge in [0, 0.05) is 37.9 Å². The Hall–Kier alpha value is -2.29. The van der Waals surface area contributed by atoms with Gasteiger partial charge >= 0.3 is 0 Å². The van der Waals surface area contributed by atoms with Crippen LogP contribution < -0.4 is 0 Å². The maximum absolute atomic E-state index is 12.3. The number of aryl methyl sites for hydroxylation is 1. The number of piperidine rings is 1. The van der Waals surface area contributed by atoms with Crippen molar-refractivity contribution in [2.24, 2.45) is 0 Å². The first-order valence-electron chi connectivity index (χ1n) is 8.20. The predicted molar refractivity (Wildman–Crippen MR) is 90.5 cm³/mol. The predicted octanol–water partition coefficient (Wildman–Crippen LogP) is 0.873. The standard InChI is InChI=1S/C16H21N5O3S/c1-25(23,24)14-3-2-7-18-16(14)13-4-8-20(9-5-13)15(22)6-10-21-12-17-11-19-21/h2-3,7,11-13H,4-6,8-10H2,1H3. The lowest BCUT2D eigenvalue weighted by molar-refractivity contribution is -0.132. The lowest BCUT2D eigenvalue weighted by atomic mass is 9.93. The van der Waals surface area contributed by atoms with Crippen molar-refractivity contribution >= 4 is 15.7 Å². The molecule has 1 amide bonds. The molecular weight excluding hydrogens is 342 g/mol. The molecule has 1 aliphatic heterocycles. The molecule has 8 nitrogen and oxygen atoms in total. The fourth-order valence-electron chi connectivity index (χ4n) is 3.14. The highest BCUT2D eigenvalue weighted by Crippen LogP contribution is 2.31. The summed E-state index contributed by atoms with van der Waals surface area (Å²) in [6, 6.07) is 3.25. The third kappa shape index (κ3) is 4.22. The molecule has 0 spiro atoms. The van der Waals surface area contributed by atoms with Crippen molar-refractivity contribution in [2.75, 3.05) is 19.3 Å². The normalized spacial score (nSPS) is 16.1. The van der Waals surface area contributed by atoms with E-state index in [0.717, 1.165) is 0 Å². The summed E-state index contributed by atoms with van der Waals surface area (Å²) in [5, 5.41) is 3.99. The van der Waals surface area contributed by atoms with Crippen LogP contribution in [0.15, 0.2) is 35.9 Å². The van der Waals surface area contributed by atoms with E-state index in [4.69, 9.17) is 0 Å². The highest BCUT2D eigenvalue weighted by molar-refractivity contribution is 7.90. The van der Waals surface area contributed by atoms with Crippen molar-refractivity contribution in [2.45, 2.75) is 36.6 Å². The van der Waals surface area contributed by atoms with Gasteiger partial charge in [-0.1, -0.05) is 0 Å². The number of aromatic nitrogens is 4. The smallest absolute Gasteiger partial charge is 0.224 e. The Morgan fingerprint density at radius 3 is 2.72 bits per heavy atom. The van der Waals surface area contributed by atoms with E-state index in [9.17, 15) is 13.2 Å². The van der Waals surface area contributed by atoms with Crippen LogP contribution >= 0.6 is 0 Å². The summed E-state index contributed by atoms with van der Waals surface area (Å²) in [4.78, 5) is 22.6. The molecule has 25 heavy (non-hydrogen) atoms. The fraction of sp³-hybridized carbons (Fsp3) is 0.500. The van der Waals surface area contributed by atoms with Crippen molar-refractivity contribution in [3.8, 4) is 0 Å². The van der Waals surface area contributed by atoms with Gasteiger partial charge in [-0.05, 0) is 25.0 Å². The number of carbonyl (C=O) groups is 1. The van der Waals surface area contributed by atoms with Crippen molar-refractivity contribution in [3.05, 3.63) is 36.7 Å². The Labute approximate surface area is 146 Å². The van der Waals surface area contributed by atoms with E-state index in [2.05, 4.69) is 15.1 Å². The quantitative estimate of drug-likeness (QED) is 0.782. The maximum Gasteiger partial charge on any atom is 0.224 e. The molecule has 2 aromatic rings. The molecule has 1 aliphatic rings. The second kappa shape index (κ2) is 7.30. The van der Waals surface area contributed by atoms with Gasteiger partial charge in [-0.2, -0.15) is 5.10 Å². The lowest BCUT2D eigenvalue weighted by Crippen LogP contribution is -2.38. The fourth-order valence-corrected chi connectivity index (χ4v) is 4.07. The van der Waals surface area contributed by atoms with Gasteiger partial charge in [-0.3, -0.25) is 14.5 Å². The van der Waals surface area contributed by atoms with Gasteiger partial charge in [0.15, 0.2) is 9.84 Å². The van der Waals surface area contributed by atoms with Gasteiger partial charge in [-0.15, -0.1) is 0 Å². The molecule has 2 aromatic heterocycles. The van der Waals surface area contributed by atoms with Gasteiger partial charge in [0.2, 0.25) is 5.91 Å². The minimum Gasteiger partial charge on any atom is -0.343 e. The average Bonchev–Trinajstić information content (AvgIpc) is 3.13. The maximum atomic E-state index is 12.3. The van der Waals surface area contributed by atoms with E-state index >= 15 is 0 Å². The molecule has 1 fully saturated rings. The summed E-state index contributed by atoms with van der Waals surface area (Å²) < 4.78 is 25.5. The molecule has 0 aliphatic carbocycles. The highest BCUT2D eigenvalue weighted by atomic mass is 32.2. The number of likely N-dealkylation sites (tertiary alicyclic amines) is 1. The first kappa shape index (κ1) is 17.5. The number of hydrogen-bond donors (Lipinski definition) is 0. The topological polar surface area (TPSA) is 98.1 Å². The number of carbonyl (C=O) groups excluding carboxylic acids is 1. The Morgan fingerprint density at radius 2 is 2.08 bits per heavy atom. The van der Waals surface area contributed by atoms with Crippen molar-refractivity contribution in [1.82, 2.24) is 24.6 Å². The summed E-state index contributed by atoms with van der Waals surface area (Å²) in [6.07, 6.45) is 7.68. The summed E-state index contributed by atoms with van der Waals surface area (Å²) >= 11 is 0. The Morgan fingerprint density at radius 1 is 1.32 bits per heavy atom. The number of sulfone groups is 1. The van der Waals surface area contributed by atoms with Crippen LogP contribution in [-0.4, -0.2) is 58.3 Å². The third-order valence-electron chi connectivity index (χ3n) is 4.45. The Bertz CT molecular complexity index is 827. The van der Waals surface area contributed by atoms with Crippen LogP contribution in [0.3, 0.4) is 0 Å². The van der Waals surface area contributed by atoms with Gasteiger partial charge in [-0.25, -0.2) is 13.4 Å². The molecule has 0 aromatic carbocycles. The van der Waals surface area contributed by atoms with Gasteiger partial charge in [0.1, 0.15) is 12.7 Å². The number of amides is 1. The van der Waals surface area contributed by atoms with Gasteiger partial charge < -0.3 is 4.90 Å². The van der Waals surface area contributed by atoms with Crippen molar-refractivity contribution < 1.29 is 13.2 Å². The van der Waals surface area contributed by atoms with E-state index < -0.39 is 9.84 Å². The molecule has 0 atom stereocenters. The molecule has 0 N–H and O–H groups in total. The van der Waals surface area contributed by atoms with Crippen LogP contribution in [0.25, 0.3) is 0 Å². The minimum atomic E-state index is -3.31. The molecule has 0 radical (unpaired) electrons. The van der Waals surface area contributed by atoms with Crippen LogP contribution in [0.5, 0.6) is 0 Å². The highest BCUT2D eigenvalue weighted by Gasteiger charge is 2.28. The van der Waals surface area contributed by atoms with Crippen LogP contribution in [0.1, 0.15) is 30.9 Å². The second-order valence-electron chi connectivity index (χ2n) is 6.22. The Kier molecular flexibility index (Phi) is 5.12. The van der Waals surface area contributed by atoms with E-state index in [0.29, 0.717) is 49.5 Å². The second-order valence-corrected chi connectivity index (χ2v) is 8.21. The molecule has 3 heterocycles. The molecule has 0 bridgehead atoms. The molecule has 134 valence electrons. The summed E-state index contributed by atoms with van der Waals surface area (Å²) in [5.74, 6) is 0.142. The number of rotatable bonds is 5. The molecule has 0 unspecified atom stereocenters. The van der Waals surface area contributed by atoms with Crippen molar-refractivity contribution in [3.63, 3.8) is 0 Å². The molecule has 3 rings (SSSR count). The Balaban J connectivity index is 1.60. The van der Waals surface area contributed by atoms with Crippen molar-refractivity contribution in [1.29, 1.82) is 0 Å². The van der Waals surface area contributed by atoms with Gasteiger partial charge in [0.05, 0.1) is 17.1 Å². The first-order valence-corrected chi connectivity index (χ1v) is 10.1. The van der Waals surface area contributed by atoms with E-state index in [-0.39, 0.29) is 11.8 Å². The lowest BCUT2D eigenvalue weighted by Gasteiger charge is -2.32. The molecular formula is C16H21N5O3S. The monoisotopic (exact) mass is 363 g/mol. The summed E-state index contributed by atoms with van der Waals surface area (Å²) in [6.45, 7) is 1.73. The van der Waals surface area contributed by atoms with E-state index in [1.54, 1.807) is 29.3 Å². The molecule has 9 heteroatoms.